The molecule has 248 valence electrons. The number of halogens is 8. The molecule has 2 aromatic heterocycles. The number of nitrogens with zero attached hydrogens (tertiary/aromatic N) is 2. The third-order valence-electron chi connectivity index (χ3n) is 7.76. The molecule has 0 bridgehead atoms. The Balaban J connectivity index is 1.60. The zero-order valence-corrected chi connectivity index (χ0v) is 24.1. The highest BCUT2D eigenvalue weighted by molar-refractivity contribution is 6.00. The molecule has 1 aliphatic rings. The number of aromatic nitrogens is 2. The number of carbonyl (C=O) groups is 2. The summed E-state index contributed by atoms with van der Waals surface area (Å²) in [6, 6.07) is 5.61. The summed E-state index contributed by atoms with van der Waals surface area (Å²) in [6.45, 7) is -0.816. The van der Waals surface area contributed by atoms with Gasteiger partial charge in [-0.25, -0.2) is 13.8 Å². The Hall–Kier alpha value is -5.06. The number of nitrogens with one attached hydrogen (secondary N) is 1. The van der Waals surface area contributed by atoms with E-state index in [-0.39, 0.29) is 33.5 Å². The minimum absolute atomic E-state index is 0.0735. The number of amides is 2. The third-order valence-corrected chi connectivity index (χ3v) is 7.76. The lowest BCUT2D eigenvalue weighted by atomic mass is 9.81. The number of nitrogens with two attached hydrogens (primary N) is 1. The van der Waals surface area contributed by atoms with Crippen molar-refractivity contribution in [1.29, 1.82) is 0 Å². The van der Waals surface area contributed by atoms with Crippen molar-refractivity contribution in [2.75, 3.05) is 20.3 Å². The molecule has 0 radical (unpaired) electrons. The fourth-order valence-electron chi connectivity index (χ4n) is 4.94. The van der Waals surface area contributed by atoms with Gasteiger partial charge in [0.15, 0.2) is 11.6 Å². The first-order valence-electron chi connectivity index (χ1n) is 13.4. The summed E-state index contributed by atoms with van der Waals surface area (Å²) in [6.07, 6.45) is -9.82. The monoisotopic (exact) mass is 670 g/mol. The third kappa shape index (κ3) is 5.75. The second kappa shape index (κ2) is 11.3. The van der Waals surface area contributed by atoms with Gasteiger partial charge in [0.1, 0.15) is 34.7 Å². The first-order chi connectivity index (χ1) is 21.8. The van der Waals surface area contributed by atoms with Gasteiger partial charge in [0.2, 0.25) is 11.5 Å². The molecule has 0 saturated carbocycles. The first kappa shape index (κ1) is 33.3. The van der Waals surface area contributed by atoms with Crippen LogP contribution in [0.2, 0.25) is 0 Å². The van der Waals surface area contributed by atoms with Crippen molar-refractivity contribution >= 4 is 22.7 Å². The number of fused-ring (bicyclic) bond motifs is 2. The maximum absolute atomic E-state index is 14.7. The number of carbonyl (C=O) groups excluding carboxylic acids is 2. The van der Waals surface area contributed by atoms with Crippen molar-refractivity contribution in [2.24, 2.45) is 5.73 Å². The van der Waals surface area contributed by atoms with Crippen LogP contribution in [0.15, 0.2) is 48.7 Å². The number of ether oxygens (including phenoxy) is 2. The molecule has 3 heterocycles. The number of hydrogen-bond acceptors (Lipinski definition) is 7. The van der Waals surface area contributed by atoms with Crippen LogP contribution in [0.3, 0.4) is 0 Å². The molecular formula is C30H22F8N4O5. The van der Waals surface area contributed by atoms with E-state index in [0.717, 1.165) is 25.3 Å². The summed E-state index contributed by atoms with van der Waals surface area (Å²) in [5, 5.41) is 12.9. The molecule has 0 unspecified atom stereocenters. The van der Waals surface area contributed by atoms with E-state index in [9.17, 15) is 49.8 Å². The van der Waals surface area contributed by atoms with Crippen LogP contribution in [0.25, 0.3) is 22.2 Å². The van der Waals surface area contributed by atoms with Crippen LogP contribution in [0.4, 0.5) is 35.1 Å². The van der Waals surface area contributed by atoms with Crippen LogP contribution in [0, 0.1) is 11.6 Å². The maximum Gasteiger partial charge on any atom is 0.424 e. The van der Waals surface area contributed by atoms with Crippen LogP contribution >= 0.6 is 0 Å². The van der Waals surface area contributed by atoms with Crippen LogP contribution in [0.1, 0.15) is 34.1 Å². The number of methoxy groups -OCH3 is 1. The molecule has 9 nitrogen and oxygen atoms in total. The van der Waals surface area contributed by atoms with Gasteiger partial charge >= 0.3 is 12.4 Å². The fraction of sp³-hybridized carbons (Fsp3) is 0.267. The highest BCUT2D eigenvalue weighted by atomic mass is 19.4. The average molecular weight is 671 g/mol. The number of hydrogen-bond donors (Lipinski definition) is 3. The molecule has 1 aliphatic heterocycles. The Kier molecular flexibility index (Phi) is 8.03. The van der Waals surface area contributed by atoms with E-state index in [2.05, 4.69) is 9.97 Å². The molecule has 0 spiro atoms. The summed E-state index contributed by atoms with van der Waals surface area (Å²) >= 11 is 0. The SMILES string of the molecule is COc1cc(C(=O)NC[C@](O)(c2cc3c(c(-c4ccc(F)c(F)c4)n2)OC[C@]3(C)C(N)=O)C(F)(F)F)cc2cc(C(F)(F)F)cnc12. The second-order valence-corrected chi connectivity index (χ2v) is 10.9. The highest BCUT2D eigenvalue weighted by Gasteiger charge is 2.57. The molecule has 47 heavy (non-hydrogen) atoms. The van der Waals surface area contributed by atoms with Crippen LogP contribution < -0.4 is 20.5 Å². The quantitative estimate of drug-likeness (QED) is 0.238. The lowest BCUT2D eigenvalue weighted by Gasteiger charge is -2.31. The van der Waals surface area contributed by atoms with Gasteiger partial charge in [-0.3, -0.25) is 14.6 Å². The largest absolute Gasteiger partial charge is 0.494 e. The Morgan fingerprint density at radius 3 is 2.36 bits per heavy atom. The molecule has 2 atom stereocenters. The molecule has 2 amide bonds. The Morgan fingerprint density at radius 2 is 1.77 bits per heavy atom. The minimum Gasteiger partial charge on any atom is -0.494 e. The van der Waals surface area contributed by atoms with Crippen LogP contribution in [-0.2, 0) is 22.0 Å². The zero-order valence-electron chi connectivity index (χ0n) is 24.1. The van der Waals surface area contributed by atoms with E-state index in [1.165, 1.54) is 6.92 Å². The number of rotatable bonds is 7. The van der Waals surface area contributed by atoms with Gasteiger partial charge in [-0.15, -0.1) is 0 Å². The van der Waals surface area contributed by atoms with Gasteiger partial charge in [0.05, 0.1) is 24.9 Å². The molecule has 0 fully saturated rings. The van der Waals surface area contributed by atoms with Crippen molar-refractivity contribution in [2.45, 2.75) is 30.3 Å². The summed E-state index contributed by atoms with van der Waals surface area (Å²) in [5.74, 6) is -5.41. The lowest BCUT2D eigenvalue weighted by Crippen LogP contribution is -2.51. The Bertz CT molecular complexity index is 1930. The molecule has 4 aromatic rings. The van der Waals surface area contributed by atoms with E-state index in [4.69, 9.17) is 15.2 Å². The molecular weight excluding hydrogens is 648 g/mol. The number of alkyl halides is 6. The van der Waals surface area contributed by atoms with Crippen molar-refractivity contribution in [1.82, 2.24) is 15.3 Å². The molecule has 0 aliphatic carbocycles. The number of aliphatic hydroxyl groups is 1. The van der Waals surface area contributed by atoms with Crippen molar-refractivity contribution in [3.8, 4) is 22.8 Å². The van der Waals surface area contributed by atoms with Crippen molar-refractivity contribution < 1.29 is 59.3 Å². The van der Waals surface area contributed by atoms with E-state index in [0.29, 0.717) is 30.5 Å². The van der Waals surface area contributed by atoms with Gasteiger partial charge in [0.25, 0.3) is 5.91 Å². The summed E-state index contributed by atoms with van der Waals surface area (Å²) < 4.78 is 122. The van der Waals surface area contributed by atoms with Gasteiger partial charge in [0, 0.05) is 28.3 Å². The lowest BCUT2D eigenvalue weighted by molar-refractivity contribution is -0.265. The van der Waals surface area contributed by atoms with E-state index in [1.807, 2.05) is 5.32 Å². The summed E-state index contributed by atoms with van der Waals surface area (Å²) in [4.78, 5) is 33.1. The fourth-order valence-corrected chi connectivity index (χ4v) is 4.94. The standard InChI is InChI=1S/C30H22F8N4O5/c1-27(26(39)44)12-47-24-17(27)9-21(42-23(24)13-3-4-18(31)19(32)7-13)28(45,30(36,37)38)11-41-25(43)15-5-14-6-16(29(33,34)35)10-40-22(14)20(8-15)46-2/h3-10,45H,11-12H2,1-2H3,(H2,39,44)(H,41,43)/t27-,28-/m0/s1. The van der Waals surface area contributed by atoms with Gasteiger partial charge < -0.3 is 25.6 Å². The topological polar surface area (TPSA) is 137 Å². The molecule has 2 aromatic carbocycles. The molecule has 5 rings (SSSR count). The Morgan fingerprint density at radius 1 is 1.06 bits per heavy atom. The number of pyridine rings is 2. The molecule has 4 N–H and O–H groups in total. The number of benzene rings is 2. The Labute approximate surface area is 259 Å². The van der Waals surface area contributed by atoms with Gasteiger partial charge in [-0.1, -0.05) is 0 Å². The minimum atomic E-state index is -5.57. The first-order valence-corrected chi connectivity index (χ1v) is 13.4. The molecule has 17 heteroatoms. The van der Waals surface area contributed by atoms with Gasteiger partial charge in [-0.2, -0.15) is 26.3 Å². The average Bonchev–Trinajstić information content (AvgIpc) is 3.36. The van der Waals surface area contributed by atoms with E-state index in [1.54, 1.807) is 0 Å². The normalized spacial score (nSPS) is 17.5. The second-order valence-electron chi connectivity index (χ2n) is 10.9. The smallest absolute Gasteiger partial charge is 0.424 e. The summed E-state index contributed by atoms with van der Waals surface area (Å²) in [5.41, 5.74) is -4.10. The predicted molar refractivity (Wildman–Crippen MR) is 147 cm³/mol. The van der Waals surface area contributed by atoms with Crippen LogP contribution in [0.5, 0.6) is 11.5 Å². The van der Waals surface area contributed by atoms with Gasteiger partial charge in [-0.05, 0) is 49.4 Å². The maximum atomic E-state index is 14.7. The zero-order chi connectivity index (χ0) is 34.7. The van der Waals surface area contributed by atoms with Crippen molar-refractivity contribution in [3.05, 3.63) is 82.7 Å². The summed E-state index contributed by atoms with van der Waals surface area (Å²) in [7, 11) is 1.13. The van der Waals surface area contributed by atoms with E-state index >= 15 is 0 Å². The van der Waals surface area contributed by atoms with Crippen molar-refractivity contribution in [3.63, 3.8) is 0 Å². The number of primary amides is 1. The van der Waals surface area contributed by atoms with Crippen LogP contribution in [-0.4, -0.2) is 53.3 Å². The molecule has 0 saturated heterocycles. The predicted octanol–water partition coefficient (Wildman–Crippen LogP) is 4.92. The van der Waals surface area contributed by atoms with E-state index < -0.39 is 82.5 Å². The highest BCUT2D eigenvalue weighted by Crippen LogP contribution is 2.48.